The largest absolute Gasteiger partial charge is 0.352 e. The second kappa shape index (κ2) is 13.1. The predicted octanol–water partition coefficient (Wildman–Crippen LogP) is 3.95. The molecule has 0 aliphatic rings. The molecule has 8 nitrogen and oxygen atoms in total. The van der Waals surface area contributed by atoms with Gasteiger partial charge in [-0.25, -0.2) is 4.31 Å². The molecule has 0 bridgehead atoms. The average molecular weight is 531 g/mol. The molecule has 0 aromatic heterocycles. The third-order valence-corrected chi connectivity index (χ3v) is 8.45. The van der Waals surface area contributed by atoms with Crippen molar-refractivity contribution in [1.82, 2.24) is 14.5 Å². The van der Waals surface area contributed by atoms with Crippen molar-refractivity contribution in [2.24, 2.45) is 0 Å². The lowest BCUT2D eigenvalue weighted by molar-refractivity contribution is -0.140. The molecule has 1 N–H and O–H groups in total. The van der Waals surface area contributed by atoms with Crippen molar-refractivity contribution in [3.63, 3.8) is 0 Å². The maximum atomic E-state index is 14.0. The van der Waals surface area contributed by atoms with E-state index in [1.54, 1.807) is 6.07 Å². The van der Waals surface area contributed by atoms with Gasteiger partial charge in [0.25, 0.3) is 0 Å². The minimum atomic E-state index is -4.00. The van der Waals surface area contributed by atoms with Crippen molar-refractivity contribution >= 4 is 27.7 Å². The zero-order valence-corrected chi connectivity index (χ0v) is 24.2. The van der Waals surface area contributed by atoms with Crippen LogP contribution in [0.3, 0.4) is 0 Å². The van der Waals surface area contributed by atoms with E-state index in [9.17, 15) is 18.0 Å². The van der Waals surface area contributed by atoms with Gasteiger partial charge in [0, 0.05) is 26.7 Å². The first-order chi connectivity index (χ1) is 17.3. The first kappa shape index (κ1) is 30.3. The van der Waals surface area contributed by atoms with Crippen molar-refractivity contribution in [2.75, 3.05) is 24.9 Å². The van der Waals surface area contributed by atoms with Gasteiger partial charge >= 0.3 is 10.2 Å². The zero-order chi connectivity index (χ0) is 27.9. The van der Waals surface area contributed by atoms with Crippen LogP contribution >= 0.6 is 0 Å². The van der Waals surface area contributed by atoms with Gasteiger partial charge in [-0.15, -0.1) is 0 Å². The van der Waals surface area contributed by atoms with Crippen LogP contribution in [0.15, 0.2) is 42.5 Å². The molecular weight excluding hydrogens is 488 g/mol. The summed E-state index contributed by atoms with van der Waals surface area (Å²) in [5.74, 6) is -0.687. The van der Waals surface area contributed by atoms with E-state index in [4.69, 9.17) is 0 Å². The van der Waals surface area contributed by atoms with Gasteiger partial charge in [0.15, 0.2) is 0 Å². The highest BCUT2D eigenvalue weighted by molar-refractivity contribution is 7.90. The van der Waals surface area contributed by atoms with Crippen LogP contribution in [0.5, 0.6) is 0 Å². The van der Waals surface area contributed by atoms with Crippen LogP contribution in [0, 0.1) is 20.8 Å². The molecule has 0 saturated heterocycles. The van der Waals surface area contributed by atoms with E-state index < -0.39 is 28.7 Å². The summed E-state index contributed by atoms with van der Waals surface area (Å²) in [6.45, 7) is 11.2. The standard InChI is InChI=1S/C28H42N4O4S/c1-9-23(6)29-28(34)25(10-2)31(18-24-14-12-11-13-21(24)4)27(33)19-32(37(35,36)30(7)8)26-17-20(3)15-16-22(26)5/h11-17,23,25H,9-10,18-19H2,1-8H3,(H,29,34)/t23-,25-/m1/s1. The Bertz CT molecular complexity index is 1200. The Labute approximate surface area is 222 Å². The predicted molar refractivity (Wildman–Crippen MR) is 150 cm³/mol. The molecule has 0 spiro atoms. The third-order valence-electron chi connectivity index (χ3n) is 6.64. The number of nitrogens with one attached hydrogen (secondary N) is 1. The third kappa shape index (κ3) is 7.55. The van der Waals surface area contributed by atoms with E-state index in [1.165, 1.54) is 19.0 Å². The number of rotatable bonds is 12. The lowest BCUT2D eigenvalue weighted by atomic mass is 10.1. The SMILES string of the molecule is CC[C@@H](C)NC(=O)[C@@H](CC)N(Cc1ccccc1C)C(=O)CN(c1cc(C)ccc1C)S(=O)(=O)N(C)C. The van der Waals surface area contributed by atoms with Crippen molar-refractivity contribution < 1.29 is 18.0 Å². The van der Waals surface area contributed by atoms with Crippen LogP contribution in [0.1, 0.15) is 55.9 Å². The second-order valence-electron chi connectivity index (χ2n) is 9.78. The summed E-state index contributed by atoms with van der Waals surface area (Å²) in [6.07, 6.45) is 1.15. The summed E-state index contributed by atoms with van der Waals surface area (Å²) in [4.78, 5) is 28.8. The summed E-state index contributed by atoms with van der Waals surface area (Å²) >= 11 is 0. The summed E-state index contributed by atoms with van der Waals surface area (Å²) in [5.41, 5.74) is 3.94. The number of anilines is 1. The van der Waals surface area contributed by atoms with Gasteiger partial charge in [-0.1, -0.05) is 50.2 Å². The number of hydrogen-bond acceptors (Lipinski definition) is 4. The van der Waals surface area contributed by atoms with Gasteiger partial charge in [-0.05, 0) is 68.9 Å². The first-order valence-electron chi connectivity index (χ1n) is 12.7. The Kier molecular flexibility index (Phi) is 10.7. The molecule has 2 rings (SSSR count). The lowest BCUT2D eigenvalue weighted by Gasteiger charge is -2.35. The average Bonchev–Trinajstić information content (AvgIpc) is 2.84. The summed E-state index contributed by atoms with van der Waals surface area (Å²) < 4.78 is 29.1. The molecule has 2 atom stereocenters. The smallest absolute Gasteiger partial charge is 0.304 e. The Morgan fingerprint density at radius 3 is 2.16 bits per heavy atom. The van der Waals surface area contributed by atoms with Gasteiger partial charge in [-0.2, -0.15) is 12.7 Å². The van der Waals surface area contributed by atoms with Crippen molar-refractivity contribution in [1.29, 1.82) is 0 Å². The highest BCUT2D eigenvalue weighted by atomic mass is 32.2. The number of benzene rings is 2. The van der Waals surface area contributed by atoms with E-state index in [0.29, 0.717) is 12.1 Å². The molecule has 0 heterocycles. The molecular formula is C28H42N4O4S. The molecule has 0 aliphatic carbocycles. The van der Waals surface area contributed by atoms with Crippen LogP contribution in [-0.4, -0.2) is 62.2 Å². The summed E-state index contributed by atoms with van der Waals surface area (Å²) in [6, 6.07) is 12.4. The minimum absolute atomic E-state index is 0.0440. The Balaban J connectivity index is 2.57. The van der Waals surface area contributed by atoms with Crippen molar-refractivity contribution in [3.05, 3.63) is 64.7 Å². The molecule has 0 saturated carbocycles. The summed E-state index contributed by atoms with van der Waals surface area (Å²) in [7, 11) is -1.11. The van der Waals surface area contributed by atoms with Crippen LogP contribution < -0.4 is 9.62 Å². The van der Waals surface area contributed by atoms with Crippen LogP contribution in [-0.2, 0) is 26.3 Å². The highest BCUT2D eigenvalue weighted by Gasteiger charge is 2.34. The minimum Gasteiger partial charge on any atom is -0.352 e. The Morgan fingerprint density at radius 1 is 0.946 bits per heavy atom. The van der Waals surface area contributed by atoms with E-state index in [1.807, 2.05) is 77.9 Å². The van der Waals surface area contributed by atoms with E-state index >= 15 is 0 Å². The molecule has 37 heavy (non-hydrogen) atoms. The van der Waals surface area contributed by atoms with Crippen LogP contribution in [0.2, 0.25) is 0 Å². The van der Waals surface area contributed by atoms with Gasteiger partial charge in [0.05, 0.1) is 5.69 Å². The fourth-order valence-electron chi connectivity index (χ4n) is 4.02. The fourth-order valence-corrected chi connectivity index (χ4v) is 5.13. The number of carbonyl (C=O) groups excluding carboxylic acids is 2. The van der Waals surface area contributed by atoms with Crippen molar-refractivity contribution in [3.8, 4) is 0 Å². The van der Waals surface area contributed by atoms with Crippen molar-refractivity contribution in [2.45, 2.75) is 73.0 Å². The topological polar surface area (TPSA) is 90.0 Å². The molecule has 2 aromatic carbocycles. The monoisotopic (exact) mass is 530 g/mol. The second-order valence-corrected chi connectivity index (χ2v) is 11.8. The highest BCUT2D eigenvalue weighted by Crippen LogP contribution is 2.26. The molecule has 2 aromatic rings. The number of carbonyl (C=O) groups is 2. The molecule has 2 amide bonds. The Hall–Kier alpha value is -2.91. The van der Waals surface area contributed by atoms with Gasteiger partial charge < -0.3 is 10.2 Å². The number of hydrogen-bond donors (Lipinski definition) is 1. The lowest BCUT2D eigenvalue weighted by Crippen LogP contribution is -2.54. The van der Waals surface area contributed by atoms with E-state index in [0.717, 1.165) is 37.3 Å². The van der Waals surface area contributed by atoms with Crippen LogP contribution in [0.4, 0.5) is 5.69 Å². The fraction of sp³-hybridized carbons (Fsp3) is 0.500. The number of amides is 2. The first-order valence-corrected chi connectivity index (χ1v) is 14.1. The quantitative estimate of drug-likeness (QED) is 0.450. The molecule has 204 valence electrons. The summed E-state index contributed by atoms with van der Waals surface area (Å²) in [5, 5.41) is 2.99. The molecule has 0 radical (unpaired) electrons. The normalized spacial score (nSPS) is 13.2. The number of nitrogens with zero attached hydrogens (tertiary/aromatic N) is 3. The molecule has 0 aliphatic heterocycles. The van der Waals surface area contributed by atoms with E-state index in [2.05, 4.69) is 5.32 Å². The molecule has 0 unspecified atom stereocenters. The van der Waals surface area contributed by atoms with E-state index in [-0.39, 0.29) is 18.5 Å². The van der Waals surface area contributed by atoms with Gasteiger partial charge in [-0.3, -0.25) is 9.59 Å². The molecule has 0 fully saturated rings. The zero-order valence-electron chi connectivity index (χ0n) is 23.4. The maximum Gasteiger partial charge on any atom is 0.304 e. The van der Waals surface area contributed by atoms with Gasteiger partial charge in [0.1, 0.15) is 12.6 Å². The number of aryl methyl sites for hydroxylation is 3. The maximum absolute atomic E-state index is 14.0. The Morgan fingerprint density at radius 2 is 1.59 bits per heavy atom. The molecule has 9 heteroatoms. The van der Waals surface area contributed by atoms with Gasteiger partial charge in [0.2, 0.25) is 11.8 Å². The van der Waals surface area contributed by atoms with Crippen LogP contribution in [0.25, 0.3) is 0 Å².